The second-order valence-electron chi connectivity index (χ2n) is 2.57. The van der Waals surface area contributed by atoms with Gasteiger partial charge in [0, 0.05) is 0 Å². The molecule has 0 fully saturated rings. The lowest BCUT2D eigenvalue weighted by atomic mass is 9.76. The van der Waals surface area contributed by atoms with E-state index in [1.165, 1.54) is 6.07 Å². The first-order valence-electron chi connectivity index (χ1n) is 3.83. The molecule has 4 heteroatoms. The number of rotatable bonds is 2. The molecule has 0 aromatic heterocycles. The predicted octanol–water partition coefficient (Wildman–Crippen LogP) is -0.366. The van der Waals surface area contributed by atoms with E-state index >= 15 is 0 Å². The Hall–Kier alpha value is -0.995. The summed E-state index contributed by atoms with van der Waals surface area (Å²) >= 11 is 0. The summed E-state index contributed by atoms with van der Waals surface area (Å²) in [4.78, 5) is 0. The largest absolute Gasteiger partial charge is 0.508 e. The minimum atomic E-state index is -1.51. The van der Waals surface area contributed by atoms with E-state index in [9.17, 15) is 5.11 Å². The van der Waals surface area contributed by atoms with Crippen molar-refractivity contribution in [1.29, 1.82) is 0 Å². The summed E-state index contributed by atoms with van der Waals surface area (Å²) in [5, 5.41) is 27.1. The van der Waals surface area contributed by atoms with E-state index < -0.39 is 7.12 Å². The van der Waals surface area contributed by atoms with Crippen molar-refractivity contribution >= 4 is 12.6 Å². The smallest absolute Gasteiger partial charge is 0.488 e. The van der Waals surface area contributed by atoms with Gasteiger partial charge in [-0.2, -0.15) is 0 Å². The lowest BCUT2D eigenvalue weighted by molar-refractivity contribution is 0.423. The van der Waals surface area contributed by atoms with Gasteiger partial charge in [0.15, 0.2) is 0 Å². The van der Waals surface area contributed by atoms with Gasteiger partial charge in [-0.3, -0.25) is 0 Å². The molecule has 3 nitrogen and oxygen atoms in total. The van der Waals surface area contributed by atoms with Crippen LogP contribution in [0.5, 0.6) is 5.75 Å². The summed E-state index contributed by atoms with van der Waals surface area (Å²) in [6, 6.07) is 4.71. The van der Waals surface area contributed by atoms with E-state index in [4.69, 9.17) is 10.0 Å². The van der Waals surface area contributed by atoms with Gasteiger partial charge in [-0.15, -0.1) is 0 Å². The van der Waals surface area contributed by atoms with Crippen molar-refractivity contribution < 1.29 is 15.2 Å². The Kier molecular flexibility index (Phi) is 2.73. The highest BCUT2D eigenvalue weighted by Gasteiger charge is 2.16. The molecule has 0 aliphatic heterocycles. The number of phenols is 1. The van der Waals surface area contributed by atoms with Gasteiger partial charge < -0.3 is 15.2 Å². The second kappa shape index (κ2) is 3.60. The van der Waals surface area contributed by atoms with Crippen LogP contribution in [-0.2, 0) is 6.42 Å². The second-order valence-corrected chi connectivity index (χ2v) is 2.57. The molecule has 0 amide bonds. The molecule has 0 unspecified atom stereocenters. The first kappa shape index (κ1) is 9.10. The zero-order chi connectivity index (χ0) is 9.14. The number of aromatic hydroxyl groups is 1. The highest BCUT2D eigenvalue weighted by molar-refractivity contribution is 6.59. The maximum absolute atomic E-state index is 9.32. The lowest BCUT2D eigenvalue weighted by Gasteiger charge is -2.07. The molecule has 1 aromatic carbocycles. The third-order valence-corrected chi connectivity index (χ3v) is 1.82. The van der Waals surface area contributed by atoms with E-state index in [0.717, 1.165) is 0 Å². The van der Waals surface area contributed by atoms with E-state index in [2.05, 4.69) is 0 Å². The van der Waals surface area contributed by atoms with Crippen LogP contribution in [0.4, 0.5) is 0 Å². The van der Waals surface area contributed by atoms with Gasteiger partial charge in [0.1, 0.15) is 5.75 Å². The summed E-state index contributed by atoms with van der Waals surface area (Å²) in [5.74, 6) is 0.114. The molecule has 0 aliphatic carbocycles. The first-order chi connectivity index (χ1) is 5.66. The topological polar surface area (TPSA) is 60.7 Å². The molecule has 0 radical (unpaired) electrons. The molecule has 0 spiro atoms. The molecule has 3 N–H and O–H groups in total. The monoisotopic (exact) mass is 166 g/mol. The standard InChI is InChI=1S/C8H11BO3/c1-2-6-7(9(11)12)4-3-5-8(6)10/h3-5,10-12H,2H2,1H3. The molecule has 0 heterocycles. The van der Waals surface area contributed by atoms with E-state index in [1.807, 2.05) is 6.92 Å². The van der Waals surface area contributed by atoms with Crippen molar-refractivity contribution in [1.82, 2.24) is 0 Å². The summed E-state index contributed by atoms with van der Waals surface area (Å²) < 4.78 is 0. The zero-order valence-electron chi connectivity index (χ0n) is 6.86. The van der Waals surface area contributed by atoms with Crippen LogP contribution < -0.4 is 5.46 Å². The van der Waals surface area contributed by atoms with Crippen LogP contribution in [0, 0.1) is 0 Å². The summed E-state index contributed by atoms with van der Waals surface area (Å²) in [6.07, 6.45) is 0.583. The quantitative estimate of drug-likeness (QED) is 0.525. The van der Waals surface area contributed by atoms with Crippen LogP contribution in [0.15, 0.2) is 18.2 Å². The Bertz CT molecular complexity index is 273. The van der Waals surface area contributed by atoms with E-state index in [1.54, 1.807) is 12.1 Å². The van der Waals surface area contributed by atoms with Crippen LogP contribution >= 0.6 is 0 Å². The average molecular weight is 166 g/mol. The van der Waals surface area contributed by atoms with Crippen molar-refractivity contribution in [3.05, 3.63) is 23.8 Å². The Labute approximate surface area is 71.4 Å². The van der Waals surface area contributed by atoms with Crippen molar-refractivity contribution in [2.75, 3.05) is 0 Å². The van der Waals surface area contributed by atoms with Crippen molar-refractivity contribution in [3.8, 4) is 5.75 Å². The number of hydrogen-bond acceptors (Lipinski definition) is 3. The van der Waals surface area contributed by atoms with Crippen molar-refractivity contribution in [3.63, 3.8) is 0 Å². The molecule has 1 rings (SSSR count). The summed E-state index contributed by atoms with van der Waals surface area (Å²) in [6.45, 7) is 1.85. The molecule has 0 aliphatic rings. The van der Waals surface area contributed by atoms with Gasteiger partial charge in [0.05, 0.1) is 0 Å². The molecular formula is C8H11BO3. The summed E-state index contributed by atoms with van der Waals surface area (Å²) in [5.41, 5.74) is 0.963. The number of benzene rings is 1. The fourth-order valence-electron chi connectivity index (χ4n) is 1.22. The van der Waals surface area contributed by atoms with Gasteiger partial charge in [0.25, 0.3) is 0 Å². The van der Waals surface area contributed by atoms with Crippen molar-refractivity contribution in [2.45, 2.75) is 13.3 Å². The van der Waals surface area contributed by atoms with Crippen LogP contribution in [-0.4, -0.2) is 22.3 Å². The summed E-state index contributed by atoms with van der Waals surface area (Å²) in [7, 11) is -1.51. The Morgan fingerprint density at radius 3 is 2.42 bits per heavy atom. The minimum absolute atomic E-state index is 0.114. The lowest BCUT2D eigenvalue weighted by Crippen LogP contribution is -2.32. The molecular weight excluding hydrogens is 155 g/mol. The highest BCUT2D eigenvalue weighted by Crippen LogP contribution is 2.14. The van der Waals surface area contributed by atoms with Gasteiger partial charge in [-0.25, -0.2) is 0 Å². The van der Waals surface area contributed by atoms with Crippen LogP contribution in [0.3, 0.4) is 0 Å². The fourth-order valence-corrected chi connectivity index (χ4v) is 1.22. The SMILES string of the molecule is CCc1c(O)cccc1B(O)O. The minimum Gasteiger partial charge on any atom is -0.508 e. The average Bonchev–Trinajstić information content (AvgIpc) is 2.03. The molecule has 0 atom stereocenters. The molecule has 0 saturated heterocycles. The van der Waals surface area contributed by atoms with Gasteiger partial charge >= 0.3 is 7.12 Å². The fraction of sp³-hybridized carbons (Fsp3) is 0.250. The first-order valence-corrected chi connectivity index (χ1v) is 3.83. The predicted molar refractivity (Wildman–Crippen MR) is 47.3 cm³/mol. The third kappa shape index (κ3) is 1.60. The van der Waals surface area contributed by atoms with Crippen LogP contribution in [0.25, 0.3) is 0 Å². The van der Waals surface area contributed by atoms with Gasteiger partial charge in [-0.1, -0.05) is 19.1 Å². The molecule has 0 saturated carbocycles. The zero-order valence-corrected chi connectivity index (χ0v) is 6.86. The highest BCUT2D eigenvalue weighted by atomic mass is 16.4. The van der Waals surface area contributed by atoms with E-state index in [-0.39, 0.29) is 5.75 Å². The number of hydrogen-bond donors (Lipinski definition) is 3. The van der Waals surface area contributed by atoms with Gasteiger partial charge in [0.2, 0.25) is 0 Å². The van der Waals surface area contributed by atoms with Crippen molar-refractivity contribution in [2.24, 2.45) is 0 Å². The Morgan fingerprint density at radius 1 is 1.33 bits per heavy atom. The third-order valence-electron chi connectivity index (χ3n) is 1.82. The normalized spacial score (nSPS) is 9.92. The van der Waals surface area contributed by atoms with Gasteiger partial charge in [-0.05, 0) is 23.5 Å². The number of phenolic OH excluding ortho intramolecular Hbond substituents is 1. The Balaban J connectivity index is 3.18. The molecule has 64 valence electrons. The van der Waals surface area contributed by atoms with E-state index in [0.29, 0.717) is 17.4 Å². The van der Waals surface area contributed by atoms with Crippen LogP contribution in [0.1, 0.15) is 12.5 Å². The Morgan fingerprint density at radius 2 is 2.00 bits per heavy atom. The molecule has 1 aromatic rings. The van der Waals surface area contributed by atoms with Crippen LogP contribution in [0.2, 0.25) is 0 Å². The molecule has 0 bridgehead atoms. The maximum atomic E-state index is 9.32. The maximum Gasteiger partial charge on any atom is 0.488 e. The molecule has 12 heavy (non-hydrogen) atoms.